The number of hydrogen-bond acceptors (Lipinski definition) is 4. The molecule has 0 aliphatic carbocycles. The molecule has 0 atom stereocenters. The largest absolute Gasteiger partial charge is 0.355 e. The molecular weight excluding hydrogens is 182 g/mol. The van der Waals surface area contributed by atoms with Gasteiger partial charge in [-0.05, 0) is 6.92 Å². The number of nitrogens with one attached hydrogen (secondary N) is 2. The maximum Gasteiger partial charge on any atom is 0.233 e. The fraction of sp³-hybridized carbons (Fsp3) is 0.625. The number of aryl methyl sites for hydroxylation is 1. The third kappa shape index (κ3) is 3.14. The highest BCUT2D eigenvalue weighted by molar-refractivity contribution is 5.77. The minimum Gasteiger partial charge on any atom is -0.355 e. The van der Waals surface area contributed by atoms with Gasteiger partial charge in [-0.2, -0.15) is 0 Å². The molecule has 0 saturated carbocycles. The summed E-state index contributed by atoms with van der Waals surface area (Å²) in [6.45, 7) is 3.40. The number of likely N-dealkylation sites (N-methyl/N-ethyl adjacent to an activating group) is 1. The Hall–Kier alpha value is -1.43. The molecule has 6 heteroatoms. The zero-order valence-electron chi connectivity index (χ0n) is 8.45. The van der Waals surface area contributed by atoms with Crippen molar-refractivity contribution < 1.29 is 4.79 Å². The van der Waals surface area contributed by atoms with Crippen LogP contribution in [0.15, 0.2) is 6.33 Å². The van der Waals surface area contributed by atoms with E-state index in [0.29, 0.717) is 19.6 Å². The van der Waals surface area contributed by atoms with Crippen molar-refractivity contribution in [1.82, 2.24) is 25.4 Å². The van der Waals surface area contributed by atoms with Gasteiger partial charge in [-0.15, -0.1) is 10.2 Å². The van der Waals surface area contributed by atoms with Crippen LogP contribution in [0.25, 0.3) is 0 Å². The molecule has 78 valence electrons. The monoisotopic (exact) mass is 197 g/mol. The summed E-state index contributed by atoms with van der Waals surface area (Å²) < 4.78 is 1.81. The zero-order valence-corrected chi connectivity index (χ0v) is 8.45. The van der Waals surface area contributed by atoms with E-state index in [0.717, 1.165) is 5.82 Å². The molecule has 0 radical (unpaired) electrons. The van der Waals surface area contributed by atoms with E-state index in [1.54, 1.807) is 6.33 Å². The van der Waals surface area contributed by atoms with Crippen LogP contribution in [0.4, 0.5) is 0 Å². The summed E-state index contributed by atoms with van der Waals surface area (Å²) in [5, 5.41) is 13.3. The first kappa shape index (κ1) is 10.6. The van der Waals surface area contributed by atoms with Gasteiger partial charge in [-0.1, -0.05) is 0 Å². The van der Waals surface area contributed by atoms with Gasteiger partial charge in [0.15, 0.2) is 0 Å². The van der Waals surface area contributed by atoms with Crippen LogP contribution in [-0.2, 0) is 18.4 Å². The number of hydrogen-bond donors (Lipinski definition) is 2. The first-order chi connectivity index (χ1) is 6.74. The number of nitrogens with zero attached hydrogens (tertiary/aromatic N) is 3. The summed E-state index contributed by atoms with van der Waals surface area (Å²) in [4.78, 5) is 11.0. The molecule has 0 aliphatic heterocycles. The summed E-state index contributed by atoms with van der Waals surface area (Å²) in [6.07, 6.45) is 1.63. The van der Waals surface area contributed by atoms with Gasteiger partial charge in [0, 0.05) is 13.6 Å². The summed E-state index contributed by atoms with van der Waals surface area (Å²) >= 11 is 0. The van der Waals surface area contributed by atoms with Crippen LogP contribution in [-0.4, -0.2) is 33.8 Å². The van der Waals surface area contributed by atoms with Gasteiger partial charge in [0.1, 0.15) is 12.2 Å². The molecule has 0 bridgehead atoms. The molecule has 1 aromatic rings. The predicted molar refractivity (Wildman–Crippen MR) is 51.4 cm³/mol. The Bertz CT molecular complexity index is 296. The molecule has 6 nitrogen and oxygen atoms in total. The zero-order chi connectivity index (χ0) is 10.4. The third-order valence-electron chi connectivity index (χ3n) is 1.75. The summed E-state index contributed by atoms with van der Waals surface area (Å²) in [5.74, 6) is 0.809. The summed E-state index contributed by atoms with van der Waals surface area (Å²) in [5.41, 5.74) is 0. The SMILES string of the molecule is CCNC(=O)CNCc1nncn1C. The second-order valence-corrected chi connectivity index (χ2v) is 2.92. The second-order valence-electron chi connectivity index (χ2n) is 2.92. The lowest BCUT2D eigenvalue weighted by Gasteiger charge is -2.03. The average Bonchev–Trinajstić information content (AvgIpc) is 2.52. The smallest absolute Gasteiger partial charge is 0.233 e. The quantitative estimate of drug-likeness (QED) is 0.638. The molecule has 2 N–H and O–H groups in total. The highest BCUT2D eigenvalue weighted by Crippen LogP contribution is 1.88. The Balaban J connectivity index is 2.22. The van der Waals surface area contributed by atoms with E-state index >= 15 is 0 Å². The van der Waals surface area contributed by atoms with E-state index in [1.807, 2.05) is 18.5 Å². The Labute approximate surface area is 82.7 Å². The first-order valence-corrected chi connectivity index (χ1v) is 4.54. The molecule has 1 aromatic heterocycles. The standard InChI is InChI=1S/C8H15N5O/c1-3-10-8(14)5-9-4-7-12-11-6-13(7)2/h6,9H,3-5H2,1-2H3,(H,10,14). The fourth-order valence-corrected chi connectivity index (χ4v) is 1.01. The highest BCUT2D eigenvalue weighted by Gasteiger charge is 2.01. The number of amides is 1. The van der Waals surface area contributed by atoms with E-state index in [4.69, 9.17) is 0 Å². The van der Waals surface area contributed by atoms with E-state index < -0.39 is 0 Å². The molecule has 0 aliphatic rings. The molecule has 1 amide bonds. The number of carbonyl (C=O) groups is 1. The highest BCUT2D eigenvalue weighted by atomic mass is 16.1. The Kier molecular flexibility index (Phi) is 4.06. The van der Waals surface area contributed by atoms with E-state index in [1.165, 1.54) is 0 Å². The normalized spacial score (nSPS) is 10.1. The topological polar surface area (TPSA) is 71.8 Å². The van der Waals surface area contributed by atoms with Crippen LogP contribution in [0.2, 0.25) is 0 Å². The first-order valence-electron chi connectivity index (χ1n) is 4.54. The summed E-state index contributed by atoms with van der Waals surface area (Å²) in [6, 6.07) is 0. The van der Waals surface area contributed by atoms with Crippen LogP contribution >= 0.6 is 0 Å². The third-order valence-corrected chi connectivity index (χ3v) is 1.75. The number of carbonyl (C=O) groups excluding carboxylic acids is 1. The number of aromatic nitrogens is 3. The van der Waals surface area contributed by atoms with Gasteiger partial charge < -0.3 is 15.2 Å². The van der Waals surface area contributed by atoms with Crippen molar-refractivity contribution in [3.8, 4) is 0 Å². The van der Waals surface area contributed by atoms with Gasteiger partial charge in [-0.25, -0.2) is 0 Å². The molecule has 0 spiro atoms. The van der Waals surface area contributed by atoms with E-state index in [-0.39, 0.29) is 5.91 Å². The van der Waals surface area contributed by atoms with Gasteiger partial charge in [0.05, 0.1) is 13.1 Å². The van der Waals surface area contributed by atoms with Gasteiger partial charge >= 0.3 is 0 Å². The van der Waals surface area contributed by atoms with Crippen LogP contribution in [0.1, 0.15) is 12.7 Å². The van der Waals surface area contributed by atoms with Crippen molar-refractivity contribution in [3.63, 3.8) is 0 Å². The van der Waals surface area contributed by atoms with Crippen LogP contribution in [0, 0.1) is 0 Å². The van der Waals surface area contributed by atoms with Crippen molar-refractivity contribution in [2.24, 2.45) is 7.05 Å². The Morgan fingerprint density at radius 3 is 3.00 bits per heavy atom. The van der Waals surface area contributed by atoms with Crippen molar-refractivity contribution in [2.45, 2.75) is 13.5 Å². The van der Waals surface area contributed by atoms with Crippen molar-refractivity contribution in [3.05, 3.63) is 12.2 Å². The minimum atomic E-state index is -0.00494. The van der Waals surface area contributed by atoms with Crippen LogP contribution in [0.5, 0.6) is 0 Å². The fourth-order valence-electron chi connectivity index (χ4n) is 1.01. The lowest BCUT2D eigenvalue weighted by atomic mass is 10.5. The molecule has 0 unspecified atom stereocenters. The van der Waals surface area contributed by atoms with Gasteiger partial charge in [0.25, 0.3) is 0 Å². The lowest BCUT2D eigenvalue weighted by molar-refractivity contribution is -0.120. The maximum atomic E-state index is 11.0. The molecular formula is C8H15N5O. The predicted octanol–water partition coefficient (Wildman–Crippen LogP) is -0.959. The van der Waals surface area contributed by atoms with Crippen molar-refractivity contribution in [2.75, 3.05) is 13.1 Å². The second kappa shape index (κ2) is 5.33. The Morgan fingerprint density at radius 2 is 2.43 bits per heavy atom. The summed E-state index contributed by atoms with van der Waals surface area (Å²) in [7, 11) is 1.86. The van der Waals surface area contributed by atoms with E-state index in [9.17, 15) is 4.79 Å². The molecule has 1 heterocycles. The Morgan fingerprint density at radius 1 is 1.64 bits per heavy atom. The average molecular weight is 197 g/mol. The van der Waals surface area contributed by atoms with Gasteiger partial charge in [-0.3, -0.25) is 4.79 Å². The van der Waals surface area contributed by atoms with Crippen LogP contribution in [0.3, 0.4) is 0 Å². The van der Waals surface area contributed by atoms with E-state index in [2.05, 4.69) is 20.8 Å². The molecule has 0 aromatic carbocycles. The van der Waals surface area contributed by atoms with Crippen molar-refractivity contribution in [1.29, 1.82) is 0 Å². The van der Waals surface area contributed by atoms with Crippen molar-refractivity contribution >= 4 is 5.91 Å². The minimum absolute atomic E-state index is 0.00494. The molecule has 0 fully saturated rings. The molecule has 1 rings (SSSR count). The lowest BCUT2D eigenvalue weighted by Crippen LogP contribution is -2.33. The molecule has 0 saturated heterocycles. The molecule has 14 heavy (non-hydrogen) atoms. The number of rotatable bonds is 5. The maximum absolute atomic E-state index is 11.0. The van der Waals surface area contributed by atoms with Gasteiger partial charge in [0.2, 0.25) is 5.91 Å². The van der Waals surface area contributed by atoms with Crippen LogP contribution < -0.4 is 10.6 Å².